The van der Waals surface area contributed by atoms with Crippen LogP contribution < -0.4 is 10.6 Å². The number of aliphatic hydroxyl groups excluding tert-OH is 1. The lowest BCUT2D eigenvalue weighted by molar-refractivity contribution is 0.304. The maximum atomic E-state index is 8.72. The van der Waals surface area contributed by atoms with Crippen molar-refractivity contribution in [2.24, 2.45) is 0 Å². The van der Waals surface area contributed by atoms with Gasteiger partial charge in [-0.15, -0.1) is 0 Å². The van der Waals surface area contributed by atoms with E-state index in [1.165, 1.54) is 0 Å². The van der Waals surface area contributed by atoms with Crippen molar-refractivity contribution < 1.29 is 5.11 Å². The molecule has 0 atom stereocenters. The highest BCUT2D eigenvalue weighted by Crippen LogP contribution is 2.14. The highest BCUT2D eigenvalue weighted by molar-refractivity contribution is 5.55. The minimum atomic E-state index is 0.0461. The van der Waals surface area contributed by atoms with Crippen molar-refractivity contribution in [3.8, 4) is 6.07 Å². The van der Waals surface area contributed by atoms with Gasteiger partial charge in [0.15, 0.2) is 5.69 Å². The number of aromatic nitrogens is 1. The molecule has 0 saturated carbocycles. The molecule has 0 amide bonds. The van der Waals surface area contributed by atoms with Gasteiger partial charge in [0.25, 0.3) is 0 Å². The van der Waals surface area contributed by atoms with Crippen LogP contribution in [0.15, 0.2) is 12.1 Å². The van der Waals surface area contributed by atoms with Crippen LogP contribution in [0.1, 0.15) is 5.69 Å². The molecule has 0 aromatic carbocycles. The van der Waals surface area contributed by atoms with Crippen molar-refractivity contribution >= 4 is 11.5 Å². The second kappa shape index (κ2) is 4.44. The Kier molecular flexibility index (Phi) is 3.26. The summed E-state index contributed by atoms with van der Waals surface area (Å²) >= 11 is 0. The van der Waals surface area contributed by atoms with E-state index in [9.17, 15) is 0 Å². The number of anilines is 2. The molecule has 74 valence electrons. The Morgan fingerprint density at radius 1 is 1.64 bits per heavy atom. The van der Waals surface area contributed by atoms with Crippen LogP contribution >= 0.6 is 0 Å². The molecule has 0 aliphatic rings. The maximum absolute atomic E-state index is 8.72. The van der Waals surface area contributed by atoms with Gasteiger partial charge in [-0.05, 0) is 12.1 Å². The fraction of sp³-hybridized carbons (Fsp3) is 0.333. The van der Waals surface area contributed by atoms with Crippen LogP contribution in [-0.4, -0.2) is 30.3 Å². The Labute approximate surface area is 82.4 Å². The Morgan fingerprint density at radius 2 is 2.36 bits per heavy atom. The maximum Gasteiger partial charge on any atom is 0.165 e. The lowest BCUT2D eigenvalue weighted by Crippen LogP contribution is -2.22. The quantitative estimate of drug-likeness (QED) is 0.702. The van der Waals surface area contributed by atoms with Gasteiger partial charge in [-0.1, -0.05) is 0 Å². The molecule has 0 aliphatic carbocycles. The third-order valence-electron chi connectivity index (χ3n) is 1.84. The molecule has 1 rings (SSSR count). The normalized spacial score (nSPS) is 9.50. The number of nitrogens with two attached hydrogens (primary N) is 1. The van der Waals surface area contributed by atoms with Crippen molar-refractivity contribution in [3.63, 3.8) is 0 Å². The predicted octanol–water partition coefficient (Wildman–Crippen LogP) is -0.0360. The minimum Gasteiger partial charge on any atom is -0.396 e. The third kappa shape index (κ3) is 2.12. The van der Waals surface area contributed by atoms with E-state index in [1.54, 1.807) is 24.1 Å². The van der Waals surface area contributed by atoms with Crippen LogP contribution in [0.5, 0.6) is 0 Å². The molecular weight excluding hydrogens is 180 g/mol. The number of nitrogens with zero attached hydrogens (tertiary/aromatic N) is 3. The van der Waals surface area contributed by atoms with Crippen LogP contribution in [0.2, 0.25) is 0 Å². The summed E-state index contributed by atoms with van der Waals surface area (Å²) in [4.78, 5) is 5.79. The SMILES string of the molecule is CN(CCO)c1ccc(N)c(C#N)n1. The molecule has 1 aromatic heterocycles. The zero-order valence-corrected chi connectivity index (χ0v) is 7.94. The smallest absolute Gasteiger partial charge is 0.165 e. The Bertz CT molecular complexity index is 358. The van der Waals surface area contributed by atoms with Gasteiger partial charge in [0.1, 0.15) is 11.9 Å². The number of hydrogen-bond acceptors (Lipinski definition) is 5. The van der Waals surface area contributed by atoms with Crippen LogP contribution in [0, 0.1) is 11.3 Å². The van der Waals surface area contributed by atoms with Gasteiger partial charge in [0.2, 0.25) is 0 Å². The van der Waals surface area contributed by atoms with Crippen LogP contribution in [0.3, 0.4) is 0 Å². The summed E-state index contributed by atoms with van der Waals surface area (Å²) in [5.74, 6) is 0.629. The molecule has 1 heterocycles. The largest absolute Gasteiger partial charge is 0.396 e. The molecule has 3 N–H and O–H groups in total. The summed E-state index contributed by atoms with van der Waals surface area (Å²) in [5, 5.41) is 17.4. The third-order valence-corrected chi connectivity index (χ3v) is 1.84. The molecule has 0 spiro atoms. The number of aliphatic hydroxyl groups is 1. The molecule has 0 fully saturated rings. The molecule has 5 heteroatoms. The highest BCUT2D eigenvalue weighted by Gasteiger charge is 2.05. The highest BCUT2D eigenvalue weighted by atomic mass is 16.3. The first-order valence-electron chi connectivity index (χ1n) is 4.17. The average Bonchev–Trinajstić information content (AvgIpc) is 2.19. The van der Waals surface area contributed by atoms with Gasteiger partial charge in [-0.25, -0.2) is 4.98 Å². The molecule has 5 nitrogen and oxygen atoms in total. The summed E-state index contributed by atoms with van der Waals surface area (Å²) in [6.45, 7) is 0.520. The fourth-order valence-electron chi connectivity index (χ4n) is 1.03. The van der Waals surface area contributed by atoms with Crippen LogP contribution in [0.25, 0.3) is 0 Å². The monoisotopic (exact) mass is 192 g/mol. The lowest BCUT2D eigenvalue weighted by Gasteiger charge is -2.16. The fourth-order valence-corrected chi connectivity index (χ4v) is 1.03. The van der Waals surface area contributed by atoms with Gasteiger partial charge >= 0.3 is 0 Å². The first-order chi connectivity index (χ1) is 6.69. The van der Waals surface area contributed by atoms with Crippen molar-refractivity contribution in [1.82, 2.24) is 4.98 Å². The van der Waals surface area contributed by atoms with Crippen LogP contribution in [-0.2, 0) is 0 Å². The van der Waals surface area contributed by atoms with Crippen molar-refractivity contribution in [1.29, 1.82) is 5.26 Å². The summed E-state index contributed by atoms with van der Waals surface area (Å²) in [6, 6.07) is 5.26. The predicted molar refractivity (Wildman–Crippen MR) is 53.7 cm³/mol. The van der Waals surface area contributed by atoms with Gasteiger partial charge in [-0.3, -0.25) is 0 Å². The zero-order valence-electron chi connectivity index (χ0n) is 7.94. The molecular formula is C9H12N4O. The van der Waals surface area contributed by atoms with E-state index in [0.717, 1.165) is 0 Å². The molecule has 1 aromatic rings. The van der Waals surface area contributed by atoms with Gasteiger partial charge < -0.3 is 15.7 Å². The van der Waals surface area contributed by atoms with E-state index in [0.29, 0.717) is 18.1 Å². The van der Waals surface area contributed by atoms with Gasteiger partial charge in [0.05, 0.1) is 12.3 Å². The van der Waals surface area contributed by atoms with Crippen molar-refractivity contribution in [2.75, 3.05) is 30.8 Å². The van der Waals surface area contributed by atoms with Gasteiger partial charge in [0, 0.05) is 13.6 Å². The topological polar surface area (TPSA) is 86.2 Å². The standard InChI is InChI=1S/C9H12N4O/c1-13(4-5-14)9-3-2-7(11)8(6-10)12-9/h2-3,14H,4-5,11H2,1H3. The first kappa shape index (κ1) is 10.3. The van der Waals surface area contributed by atoms with E-state index >= 15 is 0 Å². The van der Waals surface area contributed by atoms with Crippen molar-refractivity contribution in [3.05, 3.63) is 17.8 Å². The number of rotatable bonds is 3. The number of pyridine rings is 1. The second-order valence-corrected chi connectivity index (χ2v) is 2.86. The summed E-state index contributed by atoms with van der Waals surface area (Å²) < 4.78 is 0. The van der Waals surface area contributed by atoms with E-state index in [-0.39, 0.29) is 12.3 Å². The molecule has 0 saturated heterocycles. The molecule has 0 unspecified atom stereocenters. The molecule has 14 heavy (non-hydrogen) atoms. The Hall–Kier alpha value is -1.80. The van der Waals surface area contributed by atoms with Crippen molar-refractivity contribution in [2.45, 2.75) is 0 Å². The first-order valence-corrected chi connectivity index (χ1v) is 4.17. The number of hydrogen-bond donors (Lipinski definition) is 2. The number of nitriles is 1. The molecule has 0 bridgehead atoms. The van der Waals surface area contributed by atoms with Gasteiger partial charge in [-0.2, -0.15) is 5.26 Å². The molecule has 0 radical (unpaired) electrons. The van der Waals surface area contributed by atoms with E-state index in [4.69, 9.17) is 16.1 Å². The Morgan fingerprint density at radius 3 is 2.93 bits per heavy atom. The number of nitrogen functional groups attached to an aromatic ring is 1. The Balaban J connectivity index is 2.95. The van der Waals surface area contributed by atoms with E-state index in [2.05, 4.69) is 4.98 Å². The van der Waals surface area contributed by atoms with E-state index in [1.807, 2.05) is 6.07 Å². The van der Waals surface area contributed by atoms with Crippen LogP contribution in [0.4, 0.5) is 11.5 Å². The molecule has 0 aliphatic heterocycles. The zero-order chi connectivity index (χ0) is 10.6. The second-order valence-electron chi connectivity index (χ2n) is 2.86. The summed E-state index contributed by atoms with van der Waals surface area (Å²) in [5.41, 5.74) is 6.11. The average molecular weight is 192 g/mol. The minimum absolute atomic E-state index is 0.0461. The summed E-state index contributed by atoms with van der Waals surface area (Å²) in [6.07, 6.45) is 0. The number of likely N-dealkylation sites (N-methyl/N-ethyl adjacent to an activating group) is 1. The van der Waals surface area contributed by atoms with E-state index < -0.39 is 0 Å². The summed E-state index contributed by atoms with van der Waals surface area (Å²) in [7, 11) is 1.79. The lowest BCUT2D eigenvalue weighted by atomic mass is 10.3.